The Hall–Kier alpha value is -3.35. The third-order valence-corrected chi connectivity index (χ3v) is 9.83. The molecule has 0 amide bonds. The lowest BCUT2D eigenvalue weighted by molar-refractivity contribution is -0.387. The van der Waals surface area contributed by atoms with E-state index in [1.54, 1.807) is 25.1 Å². The molecule has 7 heteroatoms. The molecule has 4 aromatic carbocycles. The van der Waals surface area contributed by atoms with Crippen molar-refractivity contribution >= 4 is 51.3 Å². The summed E-state index contributed by atoms with van der Waals surface area (Å²) in [5.74, 6) is 0.176. The van der Waals surface area contributed by atoms with Crippen molar-refractivity contribution in [3.05, 3.63) is 112 Å². The molecule has 186 valence electrons. The van der Waals surface area contributed by atoms with E-state index in [2.05, 4.69) is 41.7 Å². The van der Waals surface area contributed by atoms with Gasteiger partial charge in [-0.05, 0) is 65.4 Å². The van der Waals surface area contributed by atoms with Gasteiger partial charge in [0.05, 0.1) is 21.2 Å². The molecule has 0 saturated heterocycles. The van der Waals surface area contributed by atoms with E-state index >= 15 is 0 Å². The summed E-state index contributed by atoms with van der Waals surface area (Å²) >= 11 is 8.76. The number of rotatable bonds is 5. The van der Waals surface area contributed by atoms with Crippen LogP contribution in [0.4, 0.5) is 11.4 Å². The number of nitrogens with one attached hydrogen (secondary N) is 1. The number of thioether (sulfide) groups is 1. The highest BCUT2D eigenvalue weighted by molar-refractivity contribution is 8.00. The van der Waals surface area contributed by atoms with Gasteiger partial charge in [-0.2, -0.15) is 0 Å². The average Bonchev–Trinajstić information content (AvgIpc) is 3.23. The van der Waals surface area contributed by atoms with Crippen LogP contribution >= 0.6 is 23.4 Å². The molecule has 1 fully saturated rings. The van der Waals surface area contributed by atoms with Gasteiger partial charge >= 0.3 is 0 Å². The van der Waals surface area contributed by atoms with Gasteiger partial charge in [0.1, 0.15) is 0 Å². The molecule has 2 aliphatic rings. The van der Waals surface area contributed by atoms with Crippen LogP contribution < -0.4 is 5.32 Å². The monoisotopic (exact) mass is 528 g/mol. The molecule has 37 heavy (non-hydrogen) atoms. The van der Waals surface area contributed by atoms with Crippen LogP contribution in [0.2, 0.25) is 0 Å². The van der Waals surface area contributed by atoms with Gasteiger partial charge in [-0.1, -0.05) is 54.6 Å². The fraction of sp³-hybridized carbons (Fsp3) is 0.233. The number of alkyl halides is 1. The highest BCUT2D eigenvalue weighted by atomic mass is 35.5. The van der Waals surface area contributed by atoms with Crippen molar-refractivity contribution in [1.82, 2.24) is 0 Å². The molecule has 0 spiro atoms. The van der Waals surface area contributed by atoms with E-state index in [4.69, 9.17) is 11.6 Å². The predicted octanol–water partition coefficient (Wildman–Crippen LogP) is 7.99. The molecule has 1 aliphatic heterocycles. The smallest absolute Gasteiger partial charge is 0.282 e. The SMILES string of the molecule is CC(=O)c1ccc2c(c1)[C@@H]1[C@H](Cl)[C@H](Sc3ccccc3[N+](=O)[O-])C[C@H]1[C@@H](c1cccc3ccccc13)N2. The van der Waals surface area contributed by atoms with Crippen LogP contribution in [-0.2, 0) is 0 Å². The molecule has 1 heterocycles. The number of hydrogen-bond donors (Lipinski definition) is 1. The quantitative estimate of drug-likeness (QED) is 0.123. The van der Waals surface area contributed by atoms with E-state index in [-0.39, 0.29) is 44.9 Å². The van der Waals surface area contributed by atoms with Gasteiger partial charge in [0, 0.05) is 28.5 Å². The molecule has 0 radical (unpaired) electrons. The Morgan fingerprint density at radius 2 is 1.76 bits per heavy atom. The molecular formula is C30H25ClN2O3S. The zero-order valence-corrected chi connectivity index (χ0v) is 21.7. The first kappa shape index (κ1) is 24.0. The summed E-state index contributed by atoms with van der Waals surface area (Å²) in [5, 5.41) is 17.6. The lowest BCUT2D eigenvalue weighted by Gasteiger charge is -2.39. The van der Waals surface area contributed by atoms with Crippen molar-refractivity contribution in [3.63, 3.8) is 0 Å². The molecule has 4 aromatic rings. The number of nitro groups is 1. The molecule has 5 nitrogen and oxygen atoms in total. The number of ketones is 1. The van der Waals surface area contributed by atoms with Crippen LogP contribution in [0.5, 0.6) is 0 Å². The molecule has 1 N–H and O–H groups in total. The topological polar surface area (TPSA) is 72.2 Å². The largest absolute Gasteiger partial charge is 0.378 e. The minimum atomic E-state index is -0.331. The predicted molar refractivity (Wildman–Crippen MR) is 150 cm³/mol. The van der Waals surface area contributed by atoms with Gasteiger partial charge in [-0.15, -0.1) is 23.4 Å². The standard InChI is InChI=1S/C30H25ClN2O3S/c1-17(34)19-13-14-24-22(15-19)28-23(30(32-24)21-10-6-8-18-7-2-3-9-20(18)21)16-27(29(28)31)37-26-12-5-4-11-25(26)33(35)36/h2-15,23,27-30,32H,16H2,1H3/t23-,27-,28+,29-,30-/m1/s1. The van der Waals surface area contributed by atoms with E-state index in [0.717, 1.165) is 17.7 Å². The second-order valence-electron chi connectivity index (χ2n) is 9.80. The number of halogens is 1. The van der Waals surface area contributed by atoms with E-state index in [1.807, 2.05) is 30.3 Å². The average molecular weight is 529 g/mol. The van der Waals surface area contributed by atoms with Crippen molar-refractivity contribution < 1.29 is 9.72 Å². The molecule has 1 aliphatic carbocycles. The second-order valence-corrected chi connectivity index (χ2v) is 11.6. The van der Waals surface area contributed by atoms with E-state index in [9.17, 15) is 14.9 Å². The molecule has 6 rings (SSSR count). The summed E-state index contributed by atoms with van der Waals surface area (Å²) in [4.78, 5) is 24.2. The fourth-order valence-corrected chi connectivity index (χ4v) is 7.98. The highest BCUT2D eigenvalue weighted by Crippen LogP contribution is 2.58. The van der Waals surface area contributed by atoms with Gasteiger partial charge < -0.3 is 5.32 Å². The number of fused-ring (bicyclic) bond motifs is 4. The van der Waals surface area contributed by atoms with Gasteiger partial charge in [-0.25, -0.2) is 0 Å². The number of Topliss-reactive ketones (excluding diaryl/α,β-unsaturated/α-hetero) is 1. The number of carbonyl (C=O) groups is 1. The van der Waals surface area contributed by atoms with Crippen LogP contribution in [-0.4, -0.2) is 21.3 Å². The normalized spacial score (nSPS) is 24.2. The minimum Gasteiger partial charge on any atom is -0.378 e. The summed E-state index contributed by atoms with van der Waals surface area (Å²) in [6.07, 6.45) is 0.792. The zero-order valence-electron chi connectivity index (χ0n) is 20.1. The first-order valence-electron chi connectivity index (χ1n) is 12.4. The lowest BCUT2D eigenvalue weighted by atomic mass is 9.76. The van der Waals surface area contributed by atoms with Crippen LogP contribution in [0, 0.1) is 16.0 Å². The van der Waals surface area contributed by atoms with E-state index in [0.29, 0.717) is 10.5 Å². The third kappa shape index (κ3) is 4.18. The van der Waals surface area contributed by atoms with Crippen LogP contribution in [0.3, 0.4) is 0 Å². The summed E-state index contributed by atoms with van der Waals surface area (Å²) < 4.78 is 0. The molecule has 0 aromatic heterocycles. The first-order chi connectivity index (χ1) is 17.9. The number of anilines is 1. The molecule has 0 unspecified atom stereocenters. The third-order valence-electron chi connectivity index (χ3n) is 7.72. The van der Waals surface area contributed by atoms with Gasteiger partial charge in [-0.3, -0.25) is 14.9 Å². The first-order valence-corrected chi connectivity index (χ1v) is 13.7. The number of carbonyl (C=O) groups excluding carboxylic acids is 1. The highest BCUT2D eigenvalue weighted by Gasteiger charge is 2.50. The fourth-order valence-electron chi connectivity index (χ4n) is 6.04. The number of benzene rings is 4. The van der Waals surface area contributed by atoms with Gasteiger partial charge in [0.15, 0.2) is 5.78 Å². The summed E-state index contributed by atoms with van der Waals surface area (Å²) in [7, 11) is 0. The maximum absolute atomic E-state index is 12.2. The van der Waals surface area contributed by atoms with Crippen molar-refractivity contribution in [2.24, 2.45) is 5.92 Å². The second kappa shape index (κ2) is 9.51. The van der Waals surface area contributed by atoms with Crippen LogP contribution in [0.15, 0.2) is 89.8 Å². The Morgan fingerprint density at radius 1 is 1.00 bits per heavy atom. The van der Waals surface area contributed by atoms with E-state index in [1.165, 1.54) is 28.1 Å². The van der Waals surface area contributed by atoms with Crippen molar-refractivity contribution in [2.75, 3.05) is 5.32 Å². The summed E-state index contributed by atoms with van der Waals surface area (Å²) in [6.45, 7) is 1.58. The Morgan fingerprint density at radius 3 is 2.57 bits per heavy atom. The van der Waals surface area contributed by atoms with Gasteiger partial charge in [0.25, 0.3) is 5.69 Å². The van der Waals surface area contributed by atoms with Crippen molar-refractivity contribution in [3.8, 4) is 0 Å². The minimum absolute atomic E-state index is 0.00135. The number of para-hydroxylation sites is 1. The van der Waals surface area contributed by atoms with Crippen LogP contribution in [0.1, 0.15) is 46.8 Å². The zero-order chi connectivity index (χ0) is 25.7. The number of hydrogen-bond acceptors (Lipinski definition) is 5. The number of nitro benzene ring substituents is 1. The maximum Gasteiger partial charge on any atom is 0.282 e. The molecule has 1 saturated carbocycles. The van der Waals surface area contributed by atoms with Crippen molar-refractivity contribution in [2.45, 2.75) is 40.8 Å². The Kier molecular flexibility index (Phi) is 6.17. The molecule has 5 atom stereocenters. The van der Waals surface area contributed by atoms with Crippen LogP contribution in [0.25, 0.3) is 10.8 Å². The van der Waals surface area contributed by atoms with Crippen molar-refractivity contribution in [1.29, 1.82) is 0 Å². The summed E-state index contributed by atoms with van der Waals surface area (Å²) in [5.41, 5.74) is 4.04. The summed E-state index contributed by atoms with van der Waals surface area (Å²) in [6, 6.07) is 27.5. The van der Waals surface area contributed by atoms with Gasteiger partial charge in [0.2, 0.25) is 0 Å². The Balaban J connectivity index is 1.46. The maximum atomic E-state index is 12.2. The van der Waals surface area contributed by atoms with E-state index < -0.39 is 0 Å². The Labute approximate surface area is 224 Å². The molecule has 0 bridgehead atoms. The number of nitrogens with zero attached hydrogens (tertiary/aromatic N) is 1. The molecular weight excluding hydrogens is 504 g/mol. The lowest BCUT2D eigenvalue weighted by Crippen LogP contribution is -2.31. The Bertz CT molecular complexity index is 1540.